The van der Waals surface area contributed by atoms with Gasteiger partial charge in [-0.2, -0.15) is 0 Å². The van der Waals surface area contributed by atoms with Crippen LogP contribution in [0.25, 0.3) is 0 Å². The molecule has 2 unspecified atom stereocenters. The zero-order valence-corrected chi connectivity index (χ0v) is 12.5. The molecular formula is C14H23N3O4. The highest BCUT2D eigenvalue weighted by atomic mass is 16.5. The van der Waals surface area contributed by atoms with E-state index in [0.29, 0.717) is 6.42 Å². The number of ether oxygens (including phenoxy) is 1. The van der Waals surface area contributed by atoms with Gasteiger partial charge in [-0.05, 0) is 38.8 Å². The van der Waals surface area contributed by atoms with E-state index in [-0.39, 0.29) is 29.7 Å². The van der Waals surface area contributed by atoms with Gasteiger partial charge in [-0.25, -0.2) is 4.79 Å². The predicted molar refractivity (Wildman–Crippen MR) is 75.3 cm³/mol. The van der Waals surface area contributed by atoms with Crippen LogP contribution in [-0.4, -0.2) is 49.6 Å². The minimum absolute atomic E-state index is 0.0313. The quantitative estimate of drug-likeness (QED) is 0.597. The third-order valence-corrected chi connectivity index (χ3v) is 4.34. The first-order valence-electron chi connectivity index (χ1n) is 7.33. The molecule has 2 saturated heterocycles. The molecule has 2 heterocycles. The summed E-state index contributed by atoms with van der Waals surface area (Å²) in [7, 11) is 1.28. The highest BCUT2D eigenvalue weighted by Crippen LogP contribution is 2.34. The SMILES string of the molecule is COC(=O)C(CC1CC2(CCNCC2)NC1=O)NC(C)=O. The van der Waals surface area contributed by atoms with Crippen LogP contribution in [0.1, 0.15) is 32.6 Å². The van der Waals surface area contributed by atoms with E-state index in [9.17, 15) is 14.4 Å². The highest BCUT2D eigenvalue weighted by molar-refractivity contribution is 5.86. The molecule has 0 aromatic heterocycles. The summed E-state index contributed by atoms with van der Waals surface area (Å²) in [6.45, 7) is 3.12. The van der Waals surface area contributed by atoms with E-state index in [2.05, 4.69) is 16.0 Å². The summed E-state index contributed by atoms with van der Waals surface area (Å²) in [5.74, 6) is -1.11. The van der Waals surface area contributed by atoms with E-state index in [0.717, 1.165) is 25.9 Å². The smallest absolute Gasteiger partial charge is 0.328 e. The van der Waals surface area contributed by atoms with Gasteiger partial charge >= 0.3 is 5.97 Å². The zero-order valence-electron chi connectivity index (χ0n) is 12.5. The van der Waals surface area contributed by atoms with Crippen molar-refractivity contribution >= 4 is 17.8 Å². The van der Waals surface area contributed by atoms with Crippen LogP contribution in [0.5, 0.6) is 0 Å². The minimum atomic E-state index is -0.764. The number of piperidine rings is 1. The lowest BCUT2D eigenvalue weighted by molar-refractivity contribution is -0.145. The third-order valence-electron chi connectivity index (χ3n) is 4.34. The van der Waals surface area contributed by atoms with E-state index in [4.69, 9.17) is 4.74 Å². The summed E-state index contributed by atoms with van der Waals surface area (Å²) in [5, 5.41) is 8.93. The van der Waals surface area contributed by atoms with Crippen LogP contribution in [0.15, 0.2) is 0 Å². The first-order chi connectivity index (χ1) is 9.96. The molecule has 2 fully saturated rings. The molecule has 1 spiro atoms. The molecule has 7 nitrogen and oxygen atoms in total. The van der Waals surface area contributed by atoms with Crippen molar-refractivity contribution < 1.29 is 19.1 Å². The number of nitrogens with one attached hydrogen (secondary N) is 3. The Morgan fingerprint density at radius 3 is 2.67 bits per heavy atom. The van der Waals surface area contributed by atoms with E-state index in [1.54, 1.807) is 0 Å². The van der Waals surface area contributed by atoms with Gasteiger partial charge in [0.2, 0.25) is 11.8 Å². The molecule has 2 atom stereocenters. The molecule has 0 saturated carbocycles. The fourth-order valence-electron chi connectivity index (χ4n) is 3.29. The van der Waals surface area contributed by atoms with Crippen LogP contribution in [0.3, 0.4) is 0 Å². The van der Waals surface area contributed by atoms with Gasteiger partial charge in [-0.3, -0.25) is 9.59 Å². The van der Waals surface area contributed by atoms with Crippen molar-refractivity contribution in [1.29, 1.82) is 0 Å². The lowest BCUT2D eigenvalue weighted by atomic mass is 9.83. The van der Waals surface area contributed by atoms with Crippen LogP contribution < -0.4 is 16.0 Å². The van der Waals surface area contributed by atoms with Crippen molar-refractivity contribution in [2.24, 2.45) is 5.92 Å². The molecule has 3 N–H and O–H groups in total. The molecule has 7 heteroatoms. The van der Waals surface area contributed by atoms with Crippen molar-refractivity contribution in [3.63, 3.8) is 0 Å². The van der Waals surface area contributed by atoms with Gasteiger partial charge in [-0.15, -0.1) is 0 Å². The van der Waals surface area contributed by atoms with Crippen LogP contribution >= 0.6 is 0 Å². The Morgan fingerprint density at radius 1 is 1.43 bits per heavy atom. The normalized spacial score (nSPS) is 25.2. The summed E-state index contributed by atoms with van der Waals surface area (Å²) < 4.78 is 4.70. The van der Waals surface area contributed by atoms with Crippen molar-refractivity contribution in [2.75, 3.05) is 20.2 Å². The first-order valence-corrected chi connectivity index (χ1v) is 7.33. The predicted octanol–water partition coefficient (Wildman–Crippen LogP) is -0.687. The maximum atomic E-state index is 12.2. The molecule has 0 radical (unpaired) electrons. The van der Waals surface area contributed by atoms with E-state index in [1.807, 2.05) is 0 Å². The molecule has 2 amide bonds. The second kappa shape index (κ2) is 6.43. The summed E-state index contributed by atoms with van der Waals surface area (Å²) >= 11 is 0. The lowest BCUT2D eigenvalue weighted by Gasteiger charge is -2.33. The Bertz CT molecular complexity index is 432. The van der Waals surface area contributed by atoms with Gasteiger partial charge < -0.3 is 20.7 Å². The molecule has 0 aromatic rings. The standard InChI is InChI=1S/C14H23N3O4/c1-9(18)16-11(13(20)21-2)7-10-8-14(17-12(10)19)3-5-15-6-4-14/h10-11,15H,3-8H2,1-2H3,(H,16,18)(H,17,19). The molecular weight excluding hydrogens is 274 g/mol. The summed E-state index contributed by atoms with van der Waals surface area (Å²) in [6.07, 6.45) is 2.80. The maximum absolute atomic E-state index is 12.2. The summed E-state index contributed by atoms with van der Waals surface area (Å²) in [5.41, 5.74) is -0.149. The Balaban J connectivity index is 2.01. The van der Waals surface area contributed by atoms with Crippen LogP contribution in [0.2, 0.25) is 0 Å². The van der Waals surface area contributed by atoms with Crippen LogP contribution in [0, 0.1) is 5.92 Å². The fourth-order valence-corrected chi connectivity index (χ4v) is 3.29. The minimum Gasteiger partial charge on any atom is -0.467 e. The number of carbonyl (C=O) groups excluding carboxylic acids is 3. The van der Waals surface area contributed by atoms with Gasteiger partial charge in [0.05, 0.1) is 7.11 Å². The number of esters is 1. The summed E-state index contributed by atoms with van der Waals surface area (Å²) in [4.78, 5) is 35.1. The average Bonchev–Trinajstić information content (AvgIpc) is 2.73. The van der Waals surface area contributed by atoms with Crippen molar-refractivity contribution in [3.05, 3.63) is 0 Å². The second-order valence-electron chi connectivity index (χ2n) is 5.93. The van der Waals surface area contributed by atoms with Gasteiger partial charge in [0, 0.05) is 18.4 Å². The van der Waals surface area contributed by atoms with E-state index in [1.165, 1.54) is 14.0 Å². The average molecular weight is 297 g/mol. The summed E-state index contributed by atoms with van der Waals surface area (Å²) in [6, 6.07) is -0.764. The maximum Gasteiger partial charge on any atom is 0.328 e. The third kappa shape index (κ3) is 3.72. The molecule has 21 heavy (non-hydrogen) atoms. The zero-order chi connectivity index (χ0) is 15.5. The topological polar surface area (TPSA) is 96.5 Å². The van der Waals surface area contributed by atoms with Crippen molar-refractivity contribution in [2.45, 2.75) is 44.2 Å². The number of methoxy groups -OCH3 is 1. The lowest BCUT2D eigenvalue weighted by Crippen LogP contribution is -2.49. The van der Waals surface area contributed by atoms with Crippen LogP contribution in [0.4, 0.5) is 0 Å². The molecule has 2 aliphatic rings. The number of hydrogen-bond acceptors (Lipinski definition) is 5. The largest absolute Gasteiger partial charge is 0.467 e. The van der Waals surface area contributed by atoms with Gasteiger partial charge in [0.1, 0.15) is 6.04 Å². The molecule has 0 aliphatic carbocycles. The number of hydrogen-bond donors (Lipinski definition) is 3. The fraction of sp³-hybridized carbons (Fsp3) is 0.786. The van der Waals surface area contributed by atoms with Crippen molar-refractivity contribution in [1.82, 2.24) is 16.0 Å². The molecule has 118 valence electrons. The van der Waals surface area contributed by atoms with Gasteiger partial charge in [0.25, 0.3) is 0 Å². The molecule has 2 rings (SSSR count). The van der Waals surface area contributed by atoms with Crippen molar-refractivity contribution in [3.8, 4) is 0 Å². The van der Waals surface area contributed by atoms with Gasteiger partial charge in [0.15, 0.2) is 0 Å². The Hall–Kier alpha value is -1.63. The number of carbonyl (C=O) groups is 3. The number of amides is 2. The monoisotopic (exact) mass is 297 g/mol. The Morgan fingerprint density at radius 2 is 2.10 bits per heavy atom. The molecule has 0 bridgehead atoms. The number of rotatable bonds is 4. The van der Waals surface area contributed by atoms with E-state index < -0.39 is 12.0 Å². The first kappa shape index (κ1) is 15.8. The Kier molecular flexibility index (Phi) is 4.82. The van der Waals surface area contributed by atoms with E-state index >= 15 is 0 Å². The Labute approximate surface area is 124 Å². The van der Waals surface area contributed by atoms with Gasteiger partial charge in [-0.1, -0.05) is 0 Å². The van der Waals surface area contributed by atoms with Crippen LogP contribution in [-0.2, 0) is 19.1 Å². The second-order valence-corrected chi connectivity index (χ2v) is 5.93. The molecule has 2 aliphatic heterocycles. The highest BCUT2D eigenvalue weighted by Gasteiger charge is 2.45. The molecule has 0 aromatic carbocycles.